The summed E-state index contributed by atoms with van der Waals surface area (Å²) in [4.78, 5) is 28.0. The minimum Gasteiger partial charge on any atom is -0.419 e. The highest BCUT2D eigenvalue weighted by atomic mass is 16.7. The highest BCUT2D eigenvalue weighted by molar-refractivity contribution is 6.15. The van der Waals surface area contributed by atoms with Gasteiger partial charge in [-0.3, -0.25) is 4.98 Å². The molecule has 1 aromatic heterocycles. The minimum atomic E-state index is -1.29. The van der Waals surface area contributed by atoms with Crippen LogP contribution in [0.25, 0.3) is 10.9 Å². The molecule has 7 nitrogen and oxygen atoms in total. The first-order valence-corrected chi connectivity index (χ1v) is 7.12. The number of hydrogen-bond acceptors (Lipinski definition) is 7. The number of aromatic nitrogens is 1. The number of pyridine rings is 1. The first-order chi connectivity index (χ1) is 11.4. The Morgan fingerprint density at radius 1 is 1.21 bits per heavy atom. The van der Waals surface area contributed by atoms with Gasteiger partial charge in [-0.15, -0.1) is 0 Å². The van der Waals surface area contributed by atoms with Crippen LogP contribution in [0.5, 0.6) is 0 Å². The highest BCUT2D eigenvalue weighted by Crippen LogP contribution is 2.26. The molecule has 7 heteroatoms. The smallest absolute Gasteiger partial charge is 0.350 e. The fraction of sp³-hybridized carbons (Fsp3) is 0.176. The van der Waals surface area contributed by atoms with Gasteiger partial charge in [0.1, 0.15) is 6.07 Å². The first kappa shape index (κ1) is 15.5. The molecule has 2 aromatic rings. The molecule has 120 valence electrons. The number of nitriles is 1. The van der Waals surface area contributed by atoms with Crippen LogP contribution in [-0.2, 0) is 19.1 Å². The highest BCUT2D eigenvalue weighted by Gasteiger charge is 2.38. The van der Waals surface area contributed by atoms with Crippen molar-refractivity contribution in [3.8, 4) is 6.07 Å². The standard InChI is InChI=1S/C17H13N3O4/c1-17(2)23-15(21)12(16(22)24-17)9-20-14-6-5-13-10(11(14)8-18)4-3-7-19-13/h3-7,9,20H,1-2H3. The lowest BCUT2D eigenvalue weighted by molar-refractivity contribution is -0.222. The predicted molar refractivity (Wildman–Crippen MR) is 84.4 cm³/mol. The summed E-state index contributed by atoms with van der Waals surface area (Å²) in [6.07, 6.45) is 2.81. The second-order valence-electron chi connectivity index (χ2n) is 5.55. The lowest BCUT2D eigenvalue weighted by Gasteiger charge is -2.29. The molecule has 0 aliphatic carbocycles. The number of rotatable bonds is 2. The third-order valence-corrected chi connectivity index (χ3v) is 3.39. The Bertz CT molecular complexity index is 903. The Kier molecular flexibility index (Phi) is 3.66. The number of carbonyl (C=O) groups is 2. The largest absolute Gasteiger partial charge is 0.419 e. The molecule has 0 saturated carbocycles. The van der Waals surface area contributed by atoms with Crippen molar-refractivity contribution in [2.75, 3.05) is 5.32 Å². The number of cyclic esters (lactones) is 2. The van der Waals surface area contributed by atoms with Crippen LogP contribution in [0.3, 0.4) is 0 Å². The molecule has 0 amide bonds. The van der Waals surface area contributed by atoms with Gasteiger partial charge in [0.05, 0.1) is 16.8 Å². The van der Waals surface area contributed by atoms with Gasteiger partial charge in [-0.1, -0.05) is 0 Å². The Morgan fingerprint density at radius 3 is 2.58 bits per heavy atom. The van der Waals surface area contributed by atoms with Gasteiger partial charge in [-0.05, 0) is 24.3 Å². The zero-order valence-electron chi connectivity index (χ0n) is 13.0. The molecule has 0 spiro atoms. The summed E-state index contributed by atoms with van der Waals surface area (Å²) in [5, 5.41) is 12.9. The van der Waals surface area contributed by atoms with E-state index in [1.165, 1.54) is 20.0 Å². The van der Waals surface area contributed by atoms with E-state index in [0.717, 1.165) is 0 Å². The van der Waals surface area contributed by atoms with E-state index in [1.807, 2.05) is 0 Å². The number of benzene rings is 1. The molecule has 1 aromatic carbocycles. The summed E-state index contributed by atoms with van der Waals surface area (Å²) in [5.41, 5.74) is 1.20. The van der Waals surface area contributed by atoms with E-state index in [0.29, 0.717) is 22.2 Å². The molecule has 0 bridgehead atoms. The number of nitrogens with zero attached hydrogens (tertiary/aromatic N) is 2. The molecule has 1 aliphatic heterocycles. The second-order valence-corrected chi connectivity index (χ2v) is 5.55. The van der Waals surface area contributed by atoms with Gasteiger partial charge in [0.25, 0.3) is 5.79 Å². The van der Waals surface area contributed by atoms with Crippen LogP contribution in [0.4, 0.5) is 5.69 Å². The Labute approximate surface area is 137 Å². The van der Waals surface area contributed by atoms with E-state index in [4.69, 9.17) is 9.47 Å². The summed E-state index contributed by atoms with van der Waals surface area (Å²) >= 11 is 0. The van der Waals surface area contributed by atoms with Crippen LogP contribution >= 0.6 is 0 Å². The van der Waals surface area contributed by atoms with E-state index in [9.17, 15) is 14.9 Å². The molecule has 0 radical (unpaired) electrons. The molecule has 0 unspecified atom stereocenters. The van der Waals surface area contributed by atoms with Crippen molar-refractivity contribution in [1.82, 2.24) is 4.98 Å². The number of fused-ring (bicyclic) bond motifs is 1. The van der Waals surface area contributed by atoms with Gasteiger partial charge in [0.2, 0.25) is 0 Å². The molecular weight excluding hydrogens is 310 g/mol. The van der Waals surface area contributed by atoms with E-state index in [2.05, 4.69) is 16.4 Å². The van der Waals surface area contributed by atoms with Crippen molar-refractivity contribution in [3.05, 3.63) is 47.8 Å². The maximum atomic E-state index is 11.9. The van der Waals surface area contributed by atoms with Crippen LogP contribution < -0.4 is 5.32 Å². The Balaban J connectivity index is 1.95. The number of ether oxygens (including phenoxy) is 2. The van der Waals surface area contributed by atoms with Crippen LogP contribution in [0.15, 0.2) is 42.2 Å². The van der Waals surface area contributed by atoms with Gasteiger partial charge in [-0.2, -0.15) is 5.26 Å². The van der Waals surface area contributed by atoms with Gasteiger partial charge < -0.3 is 14.8 Å². The minimum absolute atomic E-state index is 0.274. The average molecular weight is 323 g/mol. The number of anilines is 1. The summed E-state index contributed by atoms with van der Waals surface area (Å²) in [6, 6.07) is 8.97. The van der Waals surface area contributed by atoms with E-state index >= 15 is 0 Å². The number of nitrogens with one attached hydrogen (secondary N) is 1. The average Bonchev–Trinajstić information content (AvgIpc) is 2.52. The van der Waals surface area contributed by atoms with E-state index < -0.39 is 17.7 Å². The molecular formula is C17H13N3O4. The topological polar surface area (TPSA) is 101 Å². The molecule has 3 rings (SSSR count). The zero-order valence-corrected chi connectivity index (χ0v) is 13.0. The van der Waals surface area contributed by atoms with Crippen molar-refractivity contribution < 1.29 is 19.1 Å². The quantitative estimate of drug-likeness (QED) is 0.513. The Hall–Kier alpha value is -3.40. The van der Waals surface area contributed by atoms with Crippen LogP contribution in [0, 0.1) is 11.3 Å². The van der Waals surface area contributed by atoms with Crippen molar-refractivity contribution in [2.45, 2.75) is 19.6 Å². The van der Waals surface area contributed by atoms with Crippen molar-refractivity contribution in [1.29, 1.82) is 5.26 Å². The third kappa shape index (κ3) is 2.77. The SMILES string of the molecule is CC1(C)OC(=O)C(=CNc2ccc3ncccc3c2C#N)C(=O)O1. The van der Waals surface area contributed by atoms with Crippen molar-refractivity contribution in [3.63, 3.8) is 0 Å². The van der Waals surface area contributed by atoms with Crippen LogP contribution in [0.2, 0.25) is 0 Å². The molecule has 1 N–H and O–H groups in total. The zero-order chi connectivity index (χ0) is 17.3. The maximum absolute atomic E-state index is 11.9. The summed E-state index contributed by atoms with van der Waals surface area (Å²) in [7, 11) is 0. The molecule has 0 atom stereocenters. The monoisotopic (exact) mass is 323 g/mol. The predicted octanol–water partition coefficient (Wildman–Crippen LogP) is 2.24. The summed E-state index contributed by atoms with van der Waals surface area (Å²) in [5.74, 6) is -2.87. The van der Waals surface area contributed by atoms with E-state index in [1.54, 1.807) is 30.5 Å². The normalized spacial score (nSPS) is 16.1. The van der Waals surface area contributed by atoms with Crippen LogP contribution in [-0.4, -0.2) is 22.7 Å². The lowest BCUT2D eigenvalue weighted by Crippen LogP contribution is -2.42. The van der Waals surface area contributed by atoms with Gasteiger partial charge in [-0.25, -0.2) is 9.59 Å². The van der Waals surface area contributed by atoms with Gasteiger partial charge in [0.15, 0.2) is 5.57 Å². The van der Waals surface area contributed by atoms with Crippen molar-refractivity contribution >= 4 is 28.5 Å². The molecule has 1 aliphatic rings. The van der Waals surface area contributed by atoms with Crippen LogP contribution in [0.1, 0.15) is 19.4 Å². The molecule has 1 fully saturated rings. The summed E-state index contributed by atoms with van der Waals surface area (Å²) in [6.45, 7) is 2.94. The molecule has 2 heterocycles. The van der Waals surface area contributed by atoms with Gasteiger partial charge >= 0.3 is 11.9 Å². The number of esters is 2. The fourth-order valence-corrected chi connectivity index (χ4v) is 2.32. The maximum Gasteiger partial charge on any atom is 0.350 e. The molecule has 24 heavy (non-hydrogen) atoms. The van der Waals surface area contributed by atoms with E-state index in [-0.39, 0.29) is 5.57 Å². The van der Waals surface area contributed by atoms with Crippen molar-refractivity contribution in [2.24, 2.45) is 0 Å². The lowest BCUT2D eigenvalue weighted by atomic mass is 10.1. The van der Waals surface area contributed by atoms with Gasteiger partial charge in [0, 0.05) is 31.6 Å². The third-order valence-electron chi connectivity index (χ3n) is 3.39. The Morgan fingerprint density at radius 2 is 1.92 bits per heavy atom. The first-order valence-electron chi connectivity index (χ1n) is 7.12. The molecule has 1 saturated heterocycles. The summed E-state index contributed by atoms with van der Waals surface area (Å²) < 4.78 is 10.0. The number of carbonyl (C=O) groups excluding carboxylic acids is 2. The fourth-order valence-electron chi connectivity index (χ4n) is 2.32. The number of hydrogen-bond donors (Lipinski definition) is 1. The second kappa shape index (κ2) is 5.66.